The summed E-state index contributed by atoms with van der Waals surface area (Å²) in [6, 6.07) is 15.0. The van der Waals surface area contributed by atoms with E-state index in [4.69, 9.17) is 0 Å². The van der Waals surface area contributed by atoms with Crippen LogP contribution in [0.3, 0.4) is 0 Å². The third-order valence-electron chi connectivity index (χ3n) is 3.18. The van der Waals surface area contributed by atoms with Gasteiger partial charge in [-0.25, -0.2) is 0 Å². The largest absolute Gasteiger partial charge is 0.507 e. The molecule has 0 heterocycles. The Kier molecular flexibility index (Phi) is 4.35. The van der Waals surface area contributed by atoms with E-state index in [1.807, 2.05) is 49.4 Å². The number of carbonyl (C=O) groups excluding carboxylic acids is 1. The molecule has 2 aromatic rings. The molecule has 2 heteroatoms. The zero-order chi connectivity index (χ0) is 13.7. The van der Waals surface area contributed by atoms with Crippen LogP contribution >= 0.6 is 0 Å². The molecule has 0 radical (unpaired) electrons. The molecule has 19 heavy (non-hydrogen) atoms. The lowest BCUT2D eigenvalue weighted by molar-refractivity contribution is 0.0977. The Balaban J connectivity index is 2.36. The summed E-state index contributed by atoms with van der Waals surface area (Å²) in [7, 11) is 0. The van der Waals surface area contributed by atoms with E-state index < -0.39 is 0 Å². The summed E-state index contributed by atoms with van der Waals surface area (Å²) in [5.41, 5.74) is 2.06. The molecule has 2 nitrogen and oxygen atoms in total. The van der Waals surface area contributed by atoms with Gasteiger partial charge in [0.2, 0.25) is 0 Å². The maximum absolute atomic E-state index is 12.0. The Morgan fingerprint density at radius 3 is 2.47 bits per heavy atom. The maximum atomic E-state index is 12.0. The summed E-state index contributed by atoms with van der Waals surface area (Å²) in [6.07, 6.45) is 2.32. The van der Waals surface area contributed by atoms with Crippen molar-refractivity contribution in [3.63, 3.8) is 0 Å². The van der Waals surface area contributed by atoms with Crippen molar-refractivity contribution in [3.05, 3.63) is 54.1 Å². The molecule has 0 spiro atoms. The van der Waals surface area contributed by atoms with Gasteiger partial charge in [-0.3, -0.25) is 4.79 Å². The van der Waals surface area contributed by atoms with Crippen LogP contribution in [0.15, 0.2) is 48.5 Å². The quantitative estimate of drug-likeness (QED) is 0.801. The maximum Gasteiger partial charge on any atom is 0.166 e. The predicted molar refractivity (Wildman–Crippen MR) is 77.4 cm³/mol. The van der Waals surface area contributed by atoms with Crippen LogP contribution in [0.4, 0.5) is 0 Å². The Morgan fingerprint density at radius 2 is 1.79 bits per heavy atom. The van der Waals surface area contributed by atoms with E-state index in [1.54, 1.807) is 6.07 Å². The SMILES string of the molecule is CCCCC(=O)c1cccc(-c2ccccc2)c1O. The molecule has 0 aliphatic heterocycles. The van der Waals surface area contributed by atoms with E-state index in [0.717, 1.165) is 18.4 Å². The zero-order valence-electron chi connectivity index (χ0n) is 11.1. The van der Waals surface area contributed by atoms with Crippen molar-refractivity contribution < 1.29 is 9.90 Å². The molecule has 0 aromatic heterocycles. The first-order valence-corrected chi connectivity index (χ1v) is 6.64. The average molecular weight is 254 g/mol. The first-order chi connectivity index (χ1) is 9.24. The van der Waals surface area contributed by atoms with Gasteiger partial charge >= 0.3 is 0 Å². The summed E-state index contributed by atoms with van der Waals surface area (Å²) in [6.45, 7) is 2.05. The van der Waals surface area contributed by atoms with Crippen molar-refractivity contribution in [2.45, 2.75) is 26.2 Å². The van der Waals surface area contributed by atoms with Gasteiger partial charge in [-0.15, -0.1) is 0 Å². The van der Waals surface area contributed by atoms with Gasteiger partial charge in [-0.05, 0) is 18.1 Å². The standard InChI is InChI=1S/C17H18O2/c1-2-3-12-16(18)15-11-7-10-14(17(15)19)13-8-5-4-6-9-13/h4-11,19H,2-3,12H2,1H3. The zero-order valence-corrected chi connectivity index (χ0v) is 11.1. The highest BCUT2D eigenvalue weighted by Crippen LogP contribution is 2.32. The molecule has 0 saturated carbocycles. The number of para-hydroxylation sites is 1. The molecular weight excluding hydrogens is 236 g/mol. The van der Waals surface area contributed by atoms with Gasteiger partial charge < -0.3 is 5.11 Å². The third-order valence-corrected chi connectivity index (χ3v) is 3.18. The predicted octanol–water partition coefficient (Wildman–Crippen LogP) is 4.43. The number of hydrogen-bond acceptors (Lipinski definition) is 2. The van der Waals surface area contributed by atoms with E-state index in [0.29, 0.717) is 17.5 Å². The molecule has 0 aliphatic rings. The number of rotatable bonds is 5. The minimum Gasteiger partial charge on any atom is -0.507 e. The Morgan fingerprint density at radius 1 is 1.05 bits per heavy atom. The molecule has 0 saturated heterocycles. The monoisotopic (exact) mass is 254 g/mol. The Labute approximate surface area is 113 Å². The van der Waals surface area contributed by atoms with Gasteiger partial charge in [0.1, 0.15) is 5.75 Å². The van der Waals surface area contributed by atoms with Crippen molar-refractivity contribution in [2.24, 2.45) is 0 Å². The van der Waals surface area contributed by atoms with E-state index in [1.165, 1.54) is 0 Å². The smallest absolute Gasteiger partial charge is 0.166 e. The number of Topliss-reactive ketones (excluding diaryl/α,β-unsaturated/α-hetero) is 1. The lowest BCUT2D eigenvalue weighted by Gasteiger charge is -2.09. The summed E-state index contributed by atoms with van der Waals surface area (Å²) in [5, 5.41) is 10.3. The number of aromatic hydroxyl groups is 1. The second kappa shape index (κ2) is 6.19. The number of phenolic OH excluding ortho intramolecular Hbond substituents is 1. The molecule has 2 aromatic carbocycles. The third kappa shape index (κ3) is 3.02. The lowest BCUT2D eigenvalue weighted by atomic mass is 9.98. The minimum absolute atomic E-state index is 0.0112. The van der Waals surface area contributed by atoms with Crippen LogP contribution in [-0.4, -0.2) is 10.9 Å². The minimum atomic E-state index is 0.0112. The van der Waals surface area contributed by atoms with Crippen molar-refractivity contribution >= 4 is 5.78 Å². The van der Waals surface area contributed by atoms with Crippen LogP contribution in [0, 0.1) is 0 Å². The highest BCUT2D eigenvalue weighted by Gasteiger charge is 2.14. The normalized spacial score (nSPS) is 10.4. The molecule has 0 fully saturated rings. The first kappa shape index (κ1) is 13.3. The molecular formula is C17H18O2. The number of carbonyl (C=O) groups is 1. The van der Waals surface area contributed by atoms with Crippen molar-refractivity contribution in [1.82, 2.24) is 0 Å². The molecule has 0 bridgehead atoms. The number of benzene rings is 2. The lowest BCUT2D eigenvalue weighted by Crippen LogP contribution is -1.99. The molecule has 0 atom stereocenters. The number of ketones is 1. The Hall–Kier alpha value is -2.09. The summed E-state index contributed by atoms with van der Waals surface area (Å²) < 4.78 is 0. The summed E-state index contributed by atoms with van der Waals surface area (Å²) >= 11 is 0. The van der Waals surface area contributed by atoms with E-state index >= 15 is 0 Å². The summed E-state index contributed by atoms with van der Waals surface area (Å²) in [5.74, 6) is 0.104. The van der Waals surface area contributed by atoms with Gasteiger partial charge in [0.15, 0.2) is 5.78 Å². The van der Waals surface area contributed by atoms with Gasteiger partial charge in [0.05, 0.1) is 5.56 Å². The molecule has 0 aliphatic carbocycles. The molecule has 0 amide bonds. The van der Waals surface area contributed by atoms with Crippen LogP contribution in [0.1, 0.15) is 36.5 Å². The fourth-order valence-electron chi connectivity index (χ4n) is 2.09. The van der Waals surface area contributed by atoms with Crippen LogP contribution in [0.25, 0.3) is 11.1 Å². The van der Waals surface area contributed by atoms with Crippen LogP contribution in [-0.2, 0) is 0 Å². The molecule has 1 N–H and O–H groups in total. The number of hydrogen-bond donors (Lipinski definition) is 1. The highest BCUT2D eigenvalue weighted by molar-refractivity contribution is 6.00. The van der Waals surface area contributed by atoms with Crippen LogP contribution in [0.5, 0.6) is 5.75 Å². The van der Waals surface area contributed by atoms with Gasteiger partial charge in [-0.2, -0.15) is 0 Å². The fraction of sp³-hybridized carbons (Fsp3) is 0.235. The number of phenols is 1. The van der Waals surface area contributed by atoms with Crippen molar-refractivity contribution in [3.8, 4) is 16.9 Å². The van der Waals surface area contributed by atoms with Gasteiger partial charge in [0, 0.05) is 12.0 Å². The second-order valence-electron chi connectivity index (χ2n) is 4.59. The highest BCUT2D eigenvalue weighted by atomic mass is 16.3. The van der Waals surface area contributed by atoms with E-state index in [2.05, 4.69) is 0 Å². The van der Waals surface area contributed by atoms with Gasteiger partial charge in [0.25, 0.3) is 0 Å². The van der Waals surface area contributed by atoms with Crippen molar-refractivity contribution in [1.29, 1.82) is 0 Å². The molecule has 0 unspecified atom stereocenters. The number of unbranched alkanes of at least 4 members (excludes halogenated alkanes) is 1. The first-order valence-electron chi connectivity index (χ1n) is 6.64. The summed E-state index contributed by atoms with van der Waals surface area (Å²) in [4.78, 5) is 12.0. The molecule has 98 valence electrons. The van der Waals surface area contributed by atoms with Gasteiger partial charge in [-0.1, -0.05) is 55.8 Å². The van der Waals surface area contributed by atoms with Crippen LogP contribution < -0.4 is 0 Å². The molecule has 2 rings (SSSR count). The topological polar surface area (TPSA) is 37.3 Å². The fourth-order valence-corrected chi connectivity index (χ4v) is 2.09. The van der Waals surface area contributed by atoms with Crippen LogP contribution in [0.2, 0.25) is 0 Å². The van der Waals surface area contributed by atoms with E-state index in [-0.39, 0.29) is 11.5 Å². The van der Waals surface area contributed by atoms with E-state index in [9.17, 15) is 9.90 Å². The second-order valence-corrected chi connectivity index (χ2v) is 4.59. The Bertz CT molecular complexity index is 559. The van der Waals surface area contributed by atoms with Crippen molar-refractivity contribution in [2.75, 3.05) is 0 Å². The average Bonchev–Trinajstić information content (AvgIpc) is 2.46.